The van der Waals surface area contributed by atoms with Gasteiger partial charge >= 0.3 is 0 Å². The molecule has 0 saturated heterocycles. The molecule has 0 fully saturated rings. The molecule has 1 N–H and O–H groups in total. The van der Waals surface area contributed by atoms with Gasteiger partial charge in [-0.3, -0.25) is 4.79 Å². The Morgan fingerprint density at radius 2 is 1.83 bits per heavy atom. The summed E-state index contributed by atoms with van der Waals surface area (Å²) in [6, 6.07) is 12.1. The third-order valence-corrected chi connectivity index (χ3v) is 7.49. The molecule has 0 bridgehead atoms. The second-order valence-corrected chi connectivity index (χ2v) is 9.17. The molecule has 5 nitrogen and oxygen atoms in total. The maximum absolute atomic E-state index is 13.4. The molecule has 1 aromatic heterocycles. The Hall–Kier alpha value is -2.78. The van der Waals surface area contributed by atoms with Crippen LogP contribution in [0.3, 0.4) is 0 Å². The Kier molecular flexibility index (Phi) is 6.29. The summed E-state index contributed by atoms with van der Waals surface area (Å²) in [4.78, 5) is 13.0. The van der Waals surface area contributed by atoms with Crippen molar-refractivity contribution >= 4 is 27.1 Å². The number of sulfone groups is 1. The molecule has 0 radical (unpaired) electrons. The van der Waals surface area contributed by atoms with Gasteiger partial charge in [0.05, 0.1) is 12.0 Å². The number of halogens is 2. The van der Waals surface area contributed by atoms with Crippen LogP contribution in [-0.2, 0) is 9.84 Å². The van der Waals surface area contributed by atoms with E-state index in [2.05, 4.69) is 5.32 Å². The van der Waals surface area contributed by atoms with Gasteiger partial charge in [-0.25, -0.2) is 17.2 Å². The molecule has 0 saturated carbocycles. The zero-order valence-electron chi connectivity index (χ0n) is 15.3. The molecule has 1 amide bonds. The molecule has 1 heterocycles. The van der Waals surface area contributed by atoms with Crippen molar-refractivity contribution in [3.63, 3.8) is 0 Å². The van der Waals surface area contributed by atoms with Crippen molar-refractivity contribution in [1.29, 1.82) is 0 Å². The van der Waals surface area contributed by atoms with E-state index in [0.717, 1.165) is 18.2 Å². The number of carbonyl (C=O) groups excluding carboxylic acids is 1. The van der Waals surface area contributed by atoms with Crippen LogP contribution in [0.2, 0.25) is 0 Å². The molecule has 29 heavy (non-hydrogen) atoms. The van der Waals surface area contributed by atoms with Crippen LogP contribution in [0.1, 0.15) is 20.5 Å². The Bertz CT molecular complexity index is 1100. The summed E-state index contributed by atoms with van der Waals surface area (Å²) in [5, 5.41) is 3.21. The van der Waals surface area contributed by atoms with Crippen LogP contribution in [0.25, 0.3) is 0 Å². The Balaban J connectivity index is 1.85. The SMILES string of the molecule is COc1ccc(S(=O)(=O)C(CNC(=O)c2ccc(F)c(F)c2)c2cccs2)cc1. The fourth-order valence-electron chi connectivity index (χ4n) is 2.69. The molecule has 3 rings (SSSR count). The van der Waals surface area contributed by atoms with Gasteiger partial charge in [0.15, 0.2) is 21.5 Å². The molecule has 0 aliphatic rings. The number of methoxy groups -OCH3 is 1. The summed E-state index contributed by atoms with van der Waals surface area (Å²) >= 11 is 1.25. The minimum Gasteiger partial charge on any atom is -0.497 e. The van der Waals surface area contributed by atoms with Gasteiger partial charge in [-0.15, -0.1) is 11.3 Å². The Morgan fingerprint density at radius 1 is 1.10 bits per heavy atom. The smallest absolute Gasteiger partial charge is 0.251 e. The van der Waals surface area contributed by atoms with Crippen LogP contribution in [0, 0.1) is 11.6 Å². The van der Waals surface area contributed by atoms with Crippen molar-refractivity contribution in [1.82, 2.24) is 5.32 Å². The van der Waals surface area contributed by atoms with Gasteiger partial charge < -0.3 is 10.1 Å². The number of carbonyl (C=O) groups is 1. The fourth-order valence-corrected chi connectivity index (χ4v) is 5.48. The predicted octanol–water partition coefficient (Wildman–Crippen LogP) is 3.98. The quantitative estimate of drug-likeness (QED) is 0.607. The molecule has 9 heteroatoms. The maximum atomic E-state index is 13.4. The highest BCUT2D eigenvalue weighted by Crippen LogP contribution is 2.32. The highest BCUT2D eigenvalue weighted by atomic mass is 32.2. The van der Waals surface area contributed by atoms with Crippen LogP contribution in [-0.4, -0.2) is 28.0 Å². The predicted molar refractivity (Wildman–Crippen MR) is 106 cm³/mol. The molecule has 1 unspecified atom stereocenters. The topological polar surface area (TPSA) is 72.5 Å². The van der Waals surface area contributed by atoms with Gasteiger partial charge in [0.2, 0.25) is 0 Å². The first kappa shape index (κ1) is 20.9. The molecule has 0 aliphatic heterocycles. The Morgan fingerprint density at radius 3 is 2.41 bits per heavy atom. The number of nitrogens with one attached hydrogen (secondary N) is 1. The second kappa shape index (κ2) is 8.71. The van der Waals surface area contributed by atoms with Crippen LogP contribution >= 0.6 is 11.3 Å². The van der Waals surface area contributed by atoms with E-state index in [-0.39, 0.29) is 17.0 Å². The lowest BCUT2D eigenvalue weighted by Gasteiger charge is -2.18. The number of amides is 1. The lowest BCUT2D eigenvalue weighted by Crippen LogP contribution is -2.31. The normalized spacial score (nSPS) is 12.4. The fraction of sp³-hybridized carbons (Fsp3) is 0.150. The molecule has 1 atom stereocenters. The third-order valence-electron chi connectivity index (χ3n) is 4.25. The summed E-state index contributed by atoms with van der Waals surface area (Å²) in [7, 11) is -2.36. The zero-order valence-corrected chi connectivity index (χ0v) is 16.9. The third kappa shape index (κ3) is 4.63. The number of benzene rings is 2. The van der Waals surface area contributed by atoms with Crippen molar-refractivity contribution in [2.45, 2.75) is 10.1 Å². The molecule has 3 aromatic rings. The van der Waals surface area contributed by atoms with Crippen molar-refractivity contribution in [2.24, 2.45) is 0 Å². The Labute approximate surface area is 170 Å². The van der Waals surface area contributed by atoms with Crippen LogP contribution in [0.15, 0.2) is 64.9 Å². The van der Waals surface area contributed by atoms with Gasteiger partial charge in [-0.1, -0.05) is 6.07 Å². The van der Waals surface area contributed by atoms with Crippen LogP contribution in [0.5, 0.6) is 5.75 Å². The van der Waals surface area contributed by atoms with E-state index in [1.54, 1.807) is 17.5 Å². The van der Waals surface area contributed by atoms with Crippen molar-refractivity contribution < 1.29 is 26.7 Å². The van der Waals surface area contributed by atoms with Crippen molar-refractivity contribution in [3.8, 4) is 5.75 Å². The highest BCUT2D eigenvalue weighted by Gasteiger charge is 2.30. The first-order valence-electron chi connectivity index (χ1n) is 8.47. The first-order chi connectivity index (χ1) is 13.8. The monoisotopic (exact) mass is 437 g/mol. The number of ether oxygens (including phenoxy) is 1. The van der Waals surface area contributed by atoms with Crippen LogP contribution in [0.4, 0.5) is 8.78 Å². The van der Waals surface area contributed by atoms with Gasteiger partial charge in [0.1, 0.15) is 11.0 Å². The number of hydrogen-bond donors (Lipinski definition) is 1. The maximum Gasteiger partial charge on any atom is 0.251 e. The second-order valence-electron chi connectivity index (χ2n) is 6.06. The summed E-state index contributed by atoms with van der Waals surface area (Å²) < 4.78 is 57.9. The molecule has 2 aromatic carbocycles. The summed E-state index contributed by atoms with van der Waals surface area (Å²) in [5.41, 5.74) is -0.101. The van der Waals surface area contributed by atoms with E-state index in [0.29, 0.717) is 10.6 Å². The molecular formula is C20H17F2NO4S2. The van der Waals surface area contributed by atoms with E-state index in [1.807, 2.05) is 0 Å². The standard InChI is InChI=1S/C20H17F2NO4S2/c1-27-14-5-7-15(8-6-14)29(25,26)19(18-3-2-10-28-18)12-23-20(24)13-4-9-16(21)17(22)11-13/h2-11,19H,12H2,1H3,(H,23,24). The average Bonchev–Trinajstić information content (AvgIpc) is 3.24. The number of rotatable bonds is 7. The first-order valence-corrected chi connectivity index (χ1v) is 10.9. The number of thiophene rings is 1. The summed E-state index contributed by atoms with van der Waals surface area (Å²) in [5.74, 6) is -2.41. The largest absolute Gasteiger partial charge is 0.497 e. The van der Waals surface area contributed by atoms with Gasteiger partial charge in [0, 0.05) is 17.0 Å². The molecule has 0 aliphatic carbocycles. The zero-order chi connectivity index (χ0) is 21.0. The lowest BCUT2D eigenvalue weighted by molar-refractivity contribution is 0.0953. The van der Waals surface area contributed by atoms with Gasteiger partial charge in [-0.2, -0.15) is 0 Å². The highest BCUT2D eigenvalue weighted by molar-refractivity contribution is 7.91. The van der Waals surface area contributed by atoms with Crippen molar-refractivity contribution in [3.05, 3.63) is 82.1 Å². The average molecular weight is 437 g/mol. The molecule has 0 spiro atoms. The molecule has 152 valence electrons. The molecular weight excluding hydrogens is 420 g/mol. The van der Waals surface area contributed by atoms with Gasteiger partial charge in [-0.05, 0) is 53.9 Å². The van der Waals surface area contributed by atoms with E-state index in [1.165, 1.54) is 42.7 Å². The van der Waals surface area contributed by atoms with Gasteiger partial charge in [0.25, 0.3) is 5.91 Å². The van der Waals surface area contributed by atoms with E-state index in [4.69, 9.17) is 4.74 Å². The van der Waals surface area contributed by atoms with E-state index >= 15 is 0 Å². The minimum atomic E-state index is -3.84. The van der Waals surface area contributed by atoms with Crippen molar-refractivity contribution in [2.75, 3.05) is 13.7 Å². The summed E-state index contributed by atoms with van der Waals surface area (Å²) in [6.45, 7) is -0.229. The summed E-state index contributed by atoms with van der Waals surface area (Å²) in [6.07, 6.45) is 0. The van der Waals surface area contributed by atoms with E-state index in [9.17, 15) is 22.0 Å². The number of hydrogen-bond acceptors (Lipinski definition) is 5. The minimum absolute atomic E-state index is 0.0822. The lowest BCUT2D eigenvalue weighted by atomic mass is 10.2. The van der Waals surface area contributed by atoms with Crippen LogP contribution < -0.4 is 10.1 Å². The van der Waals surface area contributed by atoms with E-state index < -0.39 is 32.6 Å².